The lowest BCUT2D eigenvalue weighted by Crippen LogP contribution is -2.04. The second-order valence-electron chi connectivity index (χ2n) is 3.56. The Morgan fingerprint density at radius 1 is 1.39 bits per heavy atom. The molecule has 1 aromatic carbocycles. The van der Waals surface area contributed by atoms with Crippen LogP contribution in [0.5, 0.6) is 0 Å². The fourth-order valence-corrected chi connectivity index (χ4v) is 1.60. The molecule has 0 spiro atoms. The van der Waals surface area contributed by atoms with Gasteiger partial charge in [0.05, 0.1) is 12.1 Å². The SMILES string of the molecule is O=C(O)c1cc(NCc2ccc(Cl)o2)ccc1F. The number of rotatable bonds is 4. The van der Waals surface area contributed by atoms with Crippen molar-refractivity contribution in [1.29, 1.82) is 0 Å². The van der Waals surface area contributed by atoms with E-state index in [2.05, 4.69) is 5.32 Å². The van der Waals surface area contributed by atoms with Crippen LogP contribution in [-0.2, 0) is 6.54 Å². The van der Waals surface area contributed by atoms with Crippen LogP contribution >= 0.6 is 11.6 Å². The lowest BCUT2D eigenvalue weighted by molar-refractivity contribution is 0.0692. The molecule has 0 aliphatic heterocycles. The van der Waals surface area contributed by atoms with Crippen LogP contribution in [0.15, 0.2) is 34.7 Å². The standard InChI is InChI=1S/C12H9ClFNO3/c13-11-4-2-8(18-11)6-15-7-1-3-10(14)9(5-7)12(16)17/h1-5,15H,6H2,(H,16,17). The first-order chi connectivity index (χ1) is 8.56. The summed E-state index contributed by atoms with van der Waals surface area (Å²) in [5.41, 5.74) is 0.110. The Morgan fingerprint density at radius 3 is 2.78 bits per heavy atom. The van der Waals surface area contributed by atoms with Crippen LogP contribution in [0.25, 0.3) is 0 Å². The molecule has 2 rings (SSSR count). The summed E-state index contributed by atoms with van der Waals surface area (Å²) in [5.74, 6) is -1.48. The molecule has 0 saturated heterocycles. The maximum absolute atomic E-state index is 13.1. The number of benzene rings is 1. The number of furan rings is 1. The highest BCUT2D eigenvalue weighted by atomic mass is 35.5. The van der Waals surface area contributed by atoms with E-state index in [1.807, 2.05) is 0 Å². The minimum atomic E-state index is -1.31. The number of carbonyl (C=O) groups is 1. The van der Waals surface area contributed by atoms with Gasteiger partial charge in [-0.05, 0) is 41.9 Å². The summed E-state index contributed by atoms with van der Waals surface area (Å²) in [5, 5.41) is 12.0. The first-order valence-electron chi connectivity index (χ1n) is 5.07. The number of carboxylic acid groups (broad SMARTS) is 1. The molecule has 0 unspecified atom stereocenters. The van der Waals surface area contributed by atoms with Crippen LogP contribution in [0.3, 0.4) is 0 Å². The van der Waals surface area contributed by atoms with Crippen LogP contribution in [0.1, 0.15) is 16.1 Å². The highest BCUT2D eigenvalue weighted by Gasteiger charge is 2.10. The van der Waals surface area contributed by atoms with E-state index in [0.29, 0.717) is 18.0 Å². The van der Waals surface area contributed by atoms with E-state index in [9.17, 15) is 9.18 Å². The number of halogens is 2. The van der Waals surface area contributed by atoms with Crippen LogP contribution in [0, 0.1) is 5.82 Å². The van der Waals surface area contributed by atoms with Crippen LogP contribution in [-0.4, -0.2) is 11.1 Å². The minimum Gasteiger partial charge on any atom is -0.478 e. The Bertz CT molecular complexity index is 582. The van der Waals surface area contributed by atoms with E-state index in [1.54, 1.807) is 12.1 Å². The molecule has 18 heavy (non-hydrogen) atoms. The number of anilines is 1. The zero-order valence-corrected chi connectivity index (χ0v) is 9.87. The summed E-state index contributed by atoms with van der Waals surface area (Å²) in [4.78, 5) is 10.7. The average molecular weight is 270 g/mol. The van der Waals surface area contributed by atoms with Crippen LogP contribution in [0.4, 0.5) is 10.1 Å². The summed E-state index contributed by atoms with van der Waals surface area (Å²) in [6.07, 6.45) is 0. The van der Waals surface area contributed by atoms with Gasteiger partial charge >= 0.3 is 5.97 Å². The quantitative estimate of drug-likeness (QED) is 0.893. The molecule has 0 bridgehead atoms. The van der Waals surface area contributed by atoms with Gasteiger partial charge in [-0.2, -0.15) is 0 Å². The molecule has 2 aromatic rings. The Labute approximate surface area is 107 Å². The third-order valence-electron chi connectivity index (χ3n) is 2.29. The van der Waals surface area contributed by atoms with E-state index < -0.39 is 11.8 Å². The van der Waals surface area contributed by atoms with Gasteiger partial charge in [-0.3, -0.25) is 0 Å². The lowest BCUT2D eigenvalue weighted by Gasteiger charge is -2.06. The Morgan fingerprint density at radius 2 is 2.17 bits per heavy atom. The normalized spacial score (nSPS) is 10.3. The van der Waals surface area contributed by atoms with Crippen molar-refractivity contribution in [3.63, 3.8) is 0 Å². The van der Waals surface area contributed by atoms with Gasteiger partial charge in [0.1, 0.15) is 11.6 Å². The molecule has 0 aliphatic rings. The van der Waals surface area contributed by atoms with Crippen molar-refractivity contribution in [3.05, 3.63) is 52.7 Å². The van der Waals surface area contributed by atoms with Gasteiger partial charge < -0.3 is 14.8 Å². The minimum absolute atomic E-state index is 0.275. The predicted octanol–water partition coefficient (Wildman–Crippen LogP) is 3.38. The van der Waals surface area contributed by atoms with Gasteiger partial charge in [0.25, 0.3) is 0 Å². The van der Waals surface area contributed by atoms with Crippen LogP contribution < -0.4 is 5.32 Å². The topological polar surface area (TPSA) is 62.5 Å². The molecule has 0 saturated carbocycles. The third kappa shape index (κ3) is 2.81. The summed E-state index contributed by atoms with van der Waals surface area (Å²) in [6, 6.07) is 7.07. The van der Waals surface area contributed by atoms with Crippen molar-refractivity contribution < 1.29 is 18.7 Å². The third-order valence-corrected chi connectivity index (χ3v) is 2.50. The van der Waals surface area contributed by atoms with Gasteiger partial charge in [-0.1, -0.05) is 0 Å². The lowest BCUT2D eigenvalue weighted by atomic mass is 10.2. The van der Waals surface area contributed by atoms with E-state index in [4.69, 9.17) is 21.1 Å². The number of aromatic carboxylic acids is 1. The molecule has 0 fully saturated rings. The van der Waals surface area contributed by atoms with Gasteiger partial charge in [0, 0.05) is 5.69 Å². The van der Waals surface area contributed by atoms with Crippen molar-refractivity contribution in [1.82, 2.24) is 0 Å². The first kappa shape index (κ1) is 12.4. The number of nitrogens with one attached hydrogen (secondary N) is 1. The summed E-state index contributed by atoms with van der Waals surface area (Å²) in [6.45, 7) is 0.331. The average Bonchev–Trinajstić information content (AvgIpc) is 2.74. The summed E-state index contributed by atoms with van der Waals surface area (Å²) < 4.78 is 18.3. The molecule has 0 radical (unpaired) electrons. The summed E-state index contributed by atoms with van der Waals surface area (Å²) >= 11 is 5.61. The molecule has 0 aliphatic carbocycles. The largest absolute Gasteiger partial charge is 0.478 e. The molecular weight excluding hydrogens is 261 g/mol. The van der Waals surface area contributed by atoms with Gasteiger partial charge in [-0.15, -0.1) is 0 Å². The second-order valence-corrected chi connectivity index (χ2v) is 3.93. The Balaban J connectivity index is 2.10. The molecule has 1 aromatic heterocycles. The molecule has 0 atom stereocenters. The second kappa shape index (κ2) is 5.10. The fourth-order valence-electron chi connectivity index (χ4n) is 1.44. The Kier molecular flexibility index (Phi) is 3.53. The number of hydrogen-bond donors (Lipinski definition) is 2. The summed E-state index contributed by atoms with van der Waals surface area (Å²) in [7, 11) is 0. The maximum Gasteiger partial charge on any atom is 0.338 e. The smallest absolute Gasteiger partial charge is 0.338 e. The van der Waals surface area contributed by atoms with Crippen molar-refractivity contribution in [2.24, 2.45) is 0 Å². The van der Waals surface area contributed by atoms with Crippen molar-refractivity contribution >= 4 is 23.3 Å². The van der Waals surface area contributed by atoms with Crippen LogP contribution in [0.2, 0.25) is 5.22 Å². The molecule has 4 nitrogen and oxygen atoms in total. The van der Waals surface area contributed by atoms with E-state index in [1.165, 1.54) is 12.1 Å². The fraction of sp³-hybridized carbons (Fsp3) is 0.0833. The number of hydrogen-bond acceptors (Lipinski definition) is 3. The van der Waals surface area contributed by atoms with Crippen molar-refractivity contribution in [3.8, 4) is 0 Å². The molecule has 94 valence electrons. The van der Waals surface area contributed by atoms with E-state index >= 15 is 0 Å². The Hall–Kier alpha value is -2.01. The molecule has 1 heterocycles. The van der Waals surface area contributed by atoms with E-state index in [0.717, 1.165) is 6.07 Å². The zero-order chi connectivity index (χ0) is 13.1. The monoisotopic (exact) mass is 269 g/mol. The highest BCUT2D eigenvalue weighted by molar-refractivity contribution is 6.28. The molecule has 0 amide bonds. The molecule has 6 heteroatoms. The zero-order valence-electron chi connectivity index (χ0n) is 9.11. The van der Waals surface area contributed by atoms with E-state index in [-0.39, 0.29) is 10.8 Å². The highest BCUT2D eigenvalue weighted by Crippen LogP contribution is 2.17. The predicted molar refractivity (Wildman–Crippen MR) is 64.4 cm³/mol. The van der Waals surface area contributed by atoms with Crippen molar-refractivity contribution in [2.75, 3.05) is 5.32 Å². The molecular formula is C12H9ClFNO3. The van der Waals surface area contributed by atoms with Gasteiger partial charge in [0.2, 0.25) is 0 Å². The van der Waals surface area contributed by atoms with Gasteiger partial charge in [-0.25, -0.2) is 9.18 Å². The molecule has 2 N–H and O–H groups in total. The first-order valence-corrected chi connectivity index (χ1v) is 5.45. The maximum atomic E-state index is 13.1. The van der Waals surface area contributed by atoms with Gasteiger partial charge in [0.15, 0.2) is 5.22 Å². The van der Waals surface area contributed by atoms with Crippen molar-refractivity contribution in [2.45, 2.75) is 6.54 Å². The number of carboxylic acids is 1.